The maximum absolute atomic E-state index is 12.6. The van der Waals surface area contributed by atoms with E-state index in [0.29, 0.717) is 37.3 Å². The molecule has 0 aromatic heterocycles. The van der Waals surface area contributed by atoms with Crippen molar-refractivity contribution in [2.45, 2.75) is 62.6 Å². The van der Waals surface area contributed by atoms with Crippen LogP contribution in [0.1, 0.15) is 66.9 Å². The summed E-state index contributed by atoms with van der Waals surface area (Å²) in [5.41, 5.74) is 2.71. The first kappa shape index (κ1) is 35.9. The highest BCUT2D eigenvalue weighted by molar-refractivity contribution is 7.89. The average Bonchev–Trinajstić information content (AvgIpc) is 3.05. The quantitative estimate of drug-likeness (QED) is 0.0641. The van der Waals surface area contributed by atoms with E-state index in [1.54, 1.807) is 24.3 Å². The Bertz CT molecular complexity index is 1450. The largest absolute Gasteiger partial charge is 0.508 e. The second kappa shape index (κ2) is 19.7. The fraction of sp³-hybridized carbons (Fsp3) is 0.382. The molecule has 0 saturated carbocycles. The number of aliphatic hydroxyl groups is 2. The summed E-state index contributed by atoms with van der Waals surface area (Å²) >= 11 is 0. The molecule has 0 radical (unpaired) electrons. The normalized spacial score (nSPS) is 12.4. The smallest absolute Gasteiger partial charge is 0.350 e. The van der Waals surface area contributed by atoms with E-state index in [9.17, 15) is 28.5 Å². The van der Waals surface area contributed by atoms with Crippen molar-refractivity contribution in [2.75, 3.05) is 26.3 Å². The predicted octanol–water partition coefficient (Wildman–Crippen LogP) is 4.56. The number of aryl methyl sites for hydroxylation is 1. The maximum atomic E-state index is 12.6. The van der Waals surface area contributed by atoms with E-state index in [1.807, 2.05) is 41.3 Å². The summed E-state index contributed by atoms with van der Waals surface area (Å²) in [4.78, 5) is 18.6. The van der Waals surface area contributed by atoms with Crippen LogP contribution in [0.5, 0.6) is 5.75 Å². The van der Waals surface area contributed by atoms with Crippen molar-refractivity contribution in [2.24, 2.45) is 0 Å². The van der Waals surface area contributed by atoms with Crippen LogP contribution in [-0.2, 0) is 37.4 Å². The topological polar surface area (TPSA) is 154 Å². The second-order valence-electron chi connectivity index (χ2n) is 10.6. The van der Waals surface area contributed by atoms with E-state index in [1.165, 1.54) is 18.2 Å². The highest BCUT2D eigenvalue weighted by Crippen LogP contribution is 2.22. The van der Waals surface area contributed by atoms with E-state index < -0.39 is 22.1 Å². The number of aliphatic hydroxyl groups excluding tert-OH is 2. The molecular weight excluding hydrogens is 596 g/mol. The van der Waals surface area contributed by atoms with Gasteiger partial charge in [0.25, 0.3) is 10.0 Å². The molecule has 11 heteroatoms. The summed E-state index contributed by atoms with van der Waals surface area (Å²) in [6, 6.07) is 20.4. The summed E-state index contributed by atoms with van der Waals surface area (Å²) < 4.78 is 30.9. The van der Waals surface area contributed by atoms with Gasteiger partial charge in [0.05, 0.1) is 17.6 Å². The van der Waals surface area contributed by atoms with Gasteiger partial charge in [-0.15, -0.1) is 0 Å². The average molecular weight is 641 g/mol. The first-order valence-corrected chi connectivity index (χ1v) is 16.7. The number of hydrogen-bond donors (Lipinski definition) is 5. The molecule has 1 atom stereocenters. The lowest BCUT2D eigenvalue weighted by Gasteiger charge is -2.14. The molecular formula is C34H44N2O8S. The minimum absolute atomic E-state index is 0.0200. The van der Waals surface area contributed by atoms with Crippen LogP contribution in [0.2, 0.25) is 0 Å². The fourth-order valence-corrected chi connectivity index (χ4v) is 5.37. The number of phenols is 1. The van der Waals surface area contributed by atoms with Crippen LogP contribution in [0.25, 0.3) is 6.08 Å². The minimum atomic E-state index is -4.02. The molecule has 0 spiro atoms. The number of nitrogens with one attached hydrogen (secondary N) is 2. The Balaban J connectivity index is 1.20. The number of unbranched alkanes of at least 4 members (excludes halogenated alkanes) is 4. The van der Waals surface area contributed by atoms with Crippen molar-refractivity contribution in [3.63, 3.8) is 0 Å². The molecule has 3 aromatic rings. The summed E-state index contributed by atoms with van der Waals surface area (Å²) in [6.45, 7) is 2.25. The lowest BCUT2D eigenvalue weighted by atomic mass is 10.1. The fourth-order valence-electron chi connectivity index (χ4n) is 4.51. The SMILES string of the molecule is O=C(/C=C/c1ccccc1)ONS(=O)(=O)c1cccc(CCCCOCCCCCCNC[C@@H](O)c2ccc(O)c(CO)c2)c1. The third-order valence-corrected chi connectivity index (χ3v) is 8.24. The number of benzene rings is 3. The van der Waals surface area contributed by atoms with Crippen LogP contribution in [0.4, 0.5) is 0 Å². The number of carbonyl (C=O) groups excluding carboxylic acids is 1. The van der Waals surface area contributed by atoms with Crippen LogP contribution in [0.3, 0.4) is 0 Å². The monoisotopic (exact) mass is 640 g/mol. The third-order valence-electron chi connectivity index (χ3n) is 7.06. The number of rotatable bonds is 21. The van der Waals surface area contributed by atoms with E-state index >= 15 is 0 Å². The molecule has 3 aromatic carbocycles. The molecule has 3 rings (SSSR count). The molecule has 0 amide bonds. The van der Waals surface area contributed by atoms with Gasteiger partial charge in [0.2, 0.25) is 0 Å². The third kappa shape index (κ3) is 13.5. The number of ether oxygens (including phenoxy) is 1. The molecule has 5 N–H and O–H groups in total. The molecule has 0 bridgehead atoms. The highest BCUT2D eigenvalue weighted by atomic mass is 32.2. The van der Waals surface area contributed by atoms with Gasteiger partial charge < -0.3 is 30.2 Å². The molecule has 0 aliphatic heterocycles. The zero-order valence-electron chi connectivity index (χ0n) is 25.4. The van der Waals surface area contributed by atoms with Crippen molar-refractivity contribution >= 4 is 22.1 Å². The number of aromatic hydroxyl groups is 1. The van der Waals surface area contributed by atoms with Gasteiger partial charge in [0.1, 0.15) is 5.75 Å². The van der Waals surface area contributed by atoms with Crippen LogP contribution in [0, 0.1) is 0 Å². The van der Waals surface area contributed by atoms with Gasteiger partial charge >= 0.3 is 5.97 Å². The zero-order chi connectivity index (χ0) is 32.3. The first-order valence-electron chi connectivity index (χ1n) is 15.2. The molecule has 244 valence electrons. The molecule has 45 heavy (non-hydrogen) atoms. The van der Waals surface area contributed by atoms with Gasteiger partial charge in [-0.05, 0) is 90.6 Å². The van der Waals surface area contributed by atoms with Crippen LogP contribution in [-0.4, -0.2) is 56.0 Å². The van der Waals surface area contributed by atoms with Crippen molar-refractivity contribution in [1.29, 1.82) is 0 Å². The number of sulfonamides is 1. The van der Waals surface area contributed by atoms with E-state index in [2.05, 4.69) is 5.32 Å². The Kier molecular flexibility index (Phi) is 15.7. The molecule has 0 unspecified atom stereocenters. The Morgan fingerprint density at radius 2 is 1.64 bits per heavy atom. The van der Waals surface area contributed by atoms with E-state index in [0.717, 1.165) is 62.3 Å². The van der Waals surface area contributed by atoms with Crippen molar-refractivity contribution in [3.05, 3.63) is 101 Å². The summed E-state index contributed by atoms with van der Waals surface area (Å²) in [7, 11) is -4.02. The Labute approximate surface area is 265 Å². The number of carbonyl (C=O) groups is 1. The zero-order valence-corrected chi connectivity index (χ0v) is 26.3. The molecule has 0 fully saturated rings. The lowest BCUT2D eigenvalue weighted by Crippen LogP contribution is -2.26. The molecule has 0 aliphatic rings. The van der Waals surface area contributed by atoms with Gasteiger partial charge in [-0.2, -0.15) is 0 Å². The lowest BCUT2D eigenvalue weighted by molar-refractivity contribution is -0.141. The van der Waals surface area contributed by atoms with E-state index in [4.69, 9.17) is 9.57 Å². The van der Waals surface area contributed by atoms with Crippen LogP contribution < -0.4 is 10.2 Å². The highest BCUT2D eigenvalue weighted by Gasteiger charge is 2.16. The van der Waals surface area contributed by atoms with Crippen molar-refractivity contribution in [3.8, 4) is 5.75 Å². The second-order valence-corrected chi connectivity index (χ2v) is 12.3. The summed E-state index contributed by atoms with van der Waals surface area (Å²) in [6.07, 6.45) is 8.45. The van der Waals surface area contributed by atoms with E-state index in [-0.39, 0.29) is 17.3 Å². The van der Waals surface area contributed by atoms with Crippen LogP contribution in [0.15, 0.2) is 83.8 Å². The molecule has 10 nitrogen and oxygen atoms in total. The Morgan fingerprint density at radius 3 is 2.42 bits per heavy atom. The van der Waals surface area contributed by atoms with Gasteiger partial charge in [-0.3, -0.25) is 0 Å². The van der Waals surface area contributed by atoms with Gasteiger partial charge in [-0.1, -0.05) is 61.4 Å². The molecule has 0 saturated heterocycles. The summed E-state index contributed by atoms with van der Waals surface area (Å²) in [5, 5.41) is 32.4. The van der Waals surface area contributed by atoms with Crippen LogP contribution >= 0.6 is 0 Å². The first-order chi connectivity index (χ1) is 21.8. The van der Waals surface area contributed by atoms with Crippen molar-refractivity contribution < 1.29 is 38.1 Å². The van der Waals surface area contributed by atoms with Gasteiger partial charge in [-0.25, -0.2) is 13.2 Å². The van der Waals surface area contributed by atoms with Gasteiger partial charge in [0.15, 0.2) is 0 Å². The Hall–Kier alpha value is -3.58. The summed E-state index contributed by atoms with van der Waals surface area (Å²) in [5.74, 6) is -0.805. The molecule has 0 heterocycles. The minimum Gasteiger partial charge on any atom is -0.508 e. The standard InChI is InChI=1S/C34H44N2O8S/c37-26-30-24-29(17-18-32(30)38)33(39)25-35-20-7-1-2-8-21-43-22-9-6-13-28-14-10-15-31(23-28)45(41,42)36-44-34(40)19-16-27-11-4-3-5-12-27/h3-5,10-12,14-19,23-24,33,35-39H,1-2,6-9,13,20-22,25-26H2/b19-16+/t33-/m1/s1. The maximum Gasteiger partial charge on any atom is 0.350 e. The predicted molar refractivity (Wildman–Crippen MR) is 172 cm³/mol. The number of hydrogen-bond acceptors (Lipinski definition) is 9. The van der Waals surface area contributed by atoms with Gasteiger partial charge in [0, 0.05) is 31.4 Å². The molecule has 0 aliphatic carbocycles. The van der Waals surface area contributed by atoms with Crippen molar-refractivity contribution in [1.82, 2.24) is 10.2 Å². The Morgan fingerprint density at radius 1 is 0.889 bits per heavy atom.